The van der Waals surface area contributed by atoms with Crippen molar-refractivity contribution in [2.75, 3.05) is 36.4 Å². The van der Waals surface area contributed by atoms with Gasteiger partial charge in [-0.1, -0.05) is 44.2 Å². The summed E-state index contributed by atoms with van der Waals surface area (Å²) in [6, 6.07) is 14.6. The summed E-state index contributed by atoms with van der Waals surface area (Å²) in [6.45, 7) is 14.4. The molecule has 0 saturated carbocycles. The molecule has 3 saturated heterocycles. The van der Waals surface area contributed by atoms with Crippen molar-refractivity contribution in [1.82, 2.24) is 25.1 Å². The van der Waals surface area contributed by atoms with Crippen LogP contribution in [-0.4, -0.2) is 81.4 Å². The first-order chi connectivity index (χ1) is 24.4. The van der Waals surface area contributed by atoms with Crippen LogP contribution in [0.3, 0.4) is 0 Å². The molecule has 51 heavy (non-hydrogen) atoms. The molecule has 2 aromatic carbocycles. The Labute approximate surface area is 301 Å². The van der Waals surface area contributed by atoms with Gasteiger partial charge in [-0.3, -0.25) is 24.6 Å². The first-order valence-electron chi connectivity index (χ1n) is 18.4. The van der Waals surface area contributed by atoms with Crippen molar-refractivity contribution in [3.63, 3.8) is 0 Å². The Bertz CT molecular complexity index is 1690. The van der Waals surface area contributed by atoms with Gasteiger partial charge >= 0.3 is 0 Å². The maximum Gasteiger partial charge on any atom is 0.249 e. The van der Waals surface area contributed by atoms with Crippen molar-refractivity contribution in [3.05, 3.63) is 82.7 Å². The minimum atomic E-state index is -0.996. The lowest BCUT2D eigenvalue weighted by Crippen LogP contribution is -2.51. The molecular formula is C40H53N7O4. The smallest absolute Gasteiger partial charge is 0.249 e. The van der Waals surface area contributed by atoms with Crippen LogP contribution in [0.2, 0.25) is 0 Å². The van der Waals surface area contributed by atoms with E-state index in [1.807, 2.05) is 37.5 Å². The van der Waals surface area contributed by atoms with Crippen molar-refractivity contribution in [1.29, 1.82) is 0 Å². The number of carbonyl (C=O) groups is 3. The third-order valence-electron chi connectivity index (χ3n) is 11.5. The molecule has 3 N–H and O–H groups in total. The summed E-state index contributed by atoms with van der Waals surface area (Å²) in [7, 11) is 0. The number of aryl methyl sites for hydroxylation is 1. The first kappa shape index (κ1) is 36.4. The Morgan fingerprint density at radius 3 is 2.29 bits per heavy atom. The summed E-state index contributed by atoms with van der Waals surface area (Å²) in [5.74, 6) is 0.373. The number of aliphatic hydroxyl groups is 1. The van der Waals surface area contributed by atoms with Crippen LogP contribution in [0.4, 0.5) is 11.6 Å². The number of likely N-dealkylation sites (tertiary alicyclic amines) is 1. The molecular weight excluding hydrogens is 642 g/mol. The quantitative estimate of drug-likeness (QED) is 0.188. The fraction of sp³-hybridized carbons (Fsp3) is 0.525. The number of piperidine rings is 3. The number of nitrogens with zero attached hydrogens (tertiary/aromatic N) is 5. The number of nitrogens with one attached hydrogen (secondary N) is 2. The molecule has 11 nitrogen and oxygen atoms in total. The van der Waals surface area contributed by atoms with Gasteiger partial charge in [-0.2, -0.15) is 0 Å². The van der Waals surface area contributed by atoms with Crippen LogP contribution in [-0.2, 0) is 32.1 Å². The summed E-state index contributed by atoms with van der Waals surface area (Å²) in [5.41, 5.74) is 5.11. The number of hydrogen-bond donors (Lipinski definition) is 3. The molecule has 3 aromatic rings. The average molecular weight is 696 g/mol. The molecule has 0 radical (unpaired) electrons. The predicted molar refractivity (Wildman–Crippen MR) is 198 cm³/mol. The van der Waals surface area contributed by atoms with Gasteiger partial charge in [0.25, 0.3) is 0 Å². The maximum absolute atomic E-state index is 12.4. The third-order valence-corrected chi connectivity index (χ3v) is 11.5. The van der Waals surface area contributed by atoms with Crippen molar-refractivity contribution >= 4 is 29.9 Å². The van der Waals surface area contributed by atoms with E-state index in [1.54, 1.807) is 0 Å². The number of benzene rings is 2. The van der Waals surface area contributed by atoms with Gasteiger partial charge in [0, 0.05) is 68.8 Å². The van der Waals surface area contributed by atoms with Gasteiger partial charge in [-0.15, -0.1) is 0 Å². The summed E-state index contributed by atoms with van der Waals surface area (Å²) in [6.07, 6.45) is 8.24. The van der Waals surface area contributed by atoms with Crippen molar-refractivity contribution in [2.45, 2.75) is 109 Å². The first-order valence-corrected chi connectivity index (χ1v) is 18.4. The van der Waals surface area contributed by atoms with E-state index in [9.17, 15) is 19.5 Å². The monoisotopic (exact) mass is 695 g/mol. The zero-order valence-corrected chi connectivity index (χ0v) is 30.7. The molecule has 272 valence electrons. The third kappa shape index (κ3) is 8.10. The molecule has 0 bridgehead atoms. The molecule has 6 rings (SSSR count). The molecule has 1 atom stereocenters. The van der Waals surface area contributed by atoms with E-state index < -0.39 is 17.6 Å². The Kier molecular flexibility index (Phi) is 10.8. The molecule has 4 heterocycles. The lowest BCUT2D eigenvalue weighted by Gasteiger charge is -2.46. The molecule has 11 heteroatoms. The number of hydrogen-bond acceptors (Lipinski definition) is 9. The highest BCUT2D eigenvalue weighted by atomic mass is 16.3. The topological polar surface area (TPSA) is 131 Å². The van der Waals surface area contributed by atoms with E-state index in [1.165, 1.54) is 16.2 Å². The number of aromatic nitrogens is 2. The Balaban J connectivity index is 1.03. The standard InChI is InChI=1S/C40H53N7O4/c1-27(2)30-23-41-38(42-24-30)43-33-14-18-45(19-15-33)34-10-8-31(9-11-34)39(4,5)47-20-16-40(51,17-21-47)32-7-6-28(3)29(22-32)25-46(26-48)35-12-13-36(49)44-37(35)50/h6-11,22-24,26-27,33,35,51H,12-21,25H2,1-5H3,(H,41,42,43)(H,44,49,50). The summed E-state index contributed by atoms with van der Waals surface area (Å²) < 4.78 is 0. The second-order valence-corrected chi connectivity index (χ2v) is 15.4. The molecule has 1 unspecified atom stereocenters. The van der Waals surface area contributed by atoms with Gasteiger partial charge in [0.05, 0.1) is 5.60 Å². The van der Waals surface area contributed by atoms with Crippen LogP contribution in [0.25, 0.3) is 0 Å². The second-order valence-electron chi connectivity index (χ2n) is 15.4. The predicted octanol–water partition coefficient (Wildman–Crippen LogP) is 4.97. The van der Waals surface area contributed by atoms with Gasteiger partial charge in [0.2, 0.25) is 24.2 Å². The Morgan fingerprint density at radius 2 is 1.69 bits per heavy atom. The van der Waals surface area contributed by atoms with E-state index in [2.05, 4.69) is 82.4 Å². The SMILES string of the molecule is Cc1ccc(C2(O)CCN(C(C)(C)c3ccc(N4CCC(Nc5ncc(C(C)C)cn5)CC4)cc3)CC2)cc1CN(C=O)C1CCC(=O)NC1=O. The fourth-order valence-electron chi connectivity index (χ4n) is 7.71. The largest absolute Gasteiger partial charge is 0.385 e. The molecule has 3 fully saturated rings. The number of rotatable bonds is 11. The number of imide groups is 1. The van der Waals surface area contributed by atoms with Gasteiger partial charge in [-0.25, -0.2) is 9.97 Å². The van der Waals surface area contributed by atoms with E-state index in [-0.39, 0.29) is 24.4 Å². The molecule has 3 aliphatic heterocycles. The van der Waals surface area contributed by atoms with Crippen molar-refractivity contribution < 1.29 is 19.5 Å². The molecule has 1 aromatic heterocycles. The Hall–Kier alpha value is -4.35. The van der Waals surface area contributed by atoms with E-state index in [0.717, 1.165) is 61.3 Å². The minimum absolute atomic E-state index is 0.207. The van der Waals surface area contributed by atoms with Gasteiger partial charge in [0.1, 0.15) is 6.04 Å². The number of anilines is 2. The number of amides is 3. The maximum atomic E-state index is 12.4. The van der Waals surface area contributed by atoms with E-state index in [4.69, 9.17) is 0 Å². The lowest BCUT2D eigenvalue weighted by atomic mass is 9.80. The molecule has 0 spiro atoms. The highest BCUT2D eigenvalue weighted by molar-refractivity contribution is 6.00. The van der Waals surface area contributed by atoms with Crippen LogP contribution in [0.1, 0.15) is 100.0 Å². The van der Waals surface area contributed by atoms with E-state index >= 15 is 0 Å². The fourth-order valence-corrected chi connectivity index (χ4v) is 7.71. The summed E-state index contributed by atoms with van der Waals surface area (Å²) >= 11 is 0. The van der Waals surface area contributed by atoms with Gasteiger partial charge in [-0.05, 0) is 98.7 Å². The zero-order chi connectivity index (χ0) is 36.3. The number of carbonyl (C=O) groups excluding carboxylic acids is 3. The minimum Gasteiger partial charge on any atom is -0.385 e. The average Bonchev–Trinajstić information content (AvgIpc) is 3.12. The van der Waals surface area contributed by atoms with Crippen LogP contribution >= 0.6 is 0 Å². The van der Waals surface area contributed by atoms with Crippen molar-refractivity contribution in [2.24, 2.45) is 0 Å². The molecule has 3 amide bonds. The van der Waals surface area contributed by atoms with Crippen LogP contribution < -0.4 is 15.5 Å². The van der Waals surface area contributed by atoms with Crippen LogP contribution in [0, 0.1) is 6.92 Å². The van der Waals surface area contributed by atoms with Gasteiger partial charge < -0.3 is 20.2 Å². The van der Waals surface area contributed by atoms with Crippen LogP contribution in [0.5, 0.6) is 0 Å². The molecule has 3 aliphatic rings. The lowest BCUT2D eigenvalue weighted by molar-refractivity contribution is -0.141. The van der Waals surface area contributed by atoms with Gasteiger partial charge in [0.15, 0.2) is 0 Å². The zero-order valence-electron chi connectivity index (χ0n) is 30.7. The highest BCUT2D eigenvalue weighted by Crippen LogP contribution is 2.39. The van der Waals surface area contributed by atoms with Crippen molar-refractivity contribution in [3.8, 4) is 0 Å². The second kappa shape index (κ2) is 15.1. The van der Waals surface area contributed by atoms with Crippen LogP contribution in [0.15, 0.2) is 54.9 Å². The van der Waals surface area contributed by atoms with E-state index in [0.29, 0.717) is 43.6 Å². The highest BCUT2D eigenvalue weighted by Gasteiger charge is 2.40. The summed E-state index contributed by atoms with van der Waals surface area (Å²) in [5, 5.41) is 17.8. The summed E-state index contributed by atoms with van der Waals surface area (Å²) in [4.78, 5) is 51.5. The molecule has 0 aliphatic carbocycles. The normalized spacial score (nSPS) is 20.3. The Morgan fingerprint density at radius 1 is 1.02 bits per heavy atom.